The van der Waals surface area contributed by atoms with E-state index in [0.717, 1.165) is 29.9 Å². The average Bonchev–Trinajstić information content (AvgIpc) is 3.06. The second-order valence-corrected chi connectivity index (χ2v) is 9.41. The molecule has 0 radical (unpaired) electrons. The van der Waals surface area contributed by atoms with Gasteiger partial charge in [0, 0.05) is 17.7 Å². The number of rotatable bonds is 4. The Hall–Kier alpha value is -2.60. The van der Waals surface area contributed by atoms with E-state index in [-0.39, 0.29) is 23.1 Å². The number of carbonyl (C=O) groups is 2. The van der Waals surface area contributed by atoms with Gasteiger partial charge < -0.3 is 10.1 Å². The van der Waals surface area contributed by atoms with E-state index in [2.05, 4.69) is 5.32 Å². The lowest BCUT2D eigenvalue weighted by molar-refractivity contribution is -0.413. The molecule has 162 valence electrons. The van der Waals surface area contributed by atoms with E-state index < -0.39 is 0 Å². The molecule has 0 bridgehead atoms. The van der Waals surface area contributed by atoms with Crippen molar-refractivity contribution in [3.05, 3.63) is 58.5 Å². The number of hydrogen-bond acceptors (Lipinski definition) is 4. The van der Waals surface area contributed by atoms with Gasteiger partial charge >= 0.3 is 5.91 Å². The highest BCUT2D eigenvalue weighted by atomic mass is 32.2. The third kappa shape index (κ3) is 5.01. The normalized spacial score (nSPS) is 23.3. The summed E-state index contributed by atoms with van der Waals surface area (Å²) in [5.74, 6) is 0.689. The van der Waals surface area contributed by atoms with Gasteiger partial charge in [0.2, 0.25) is 5.71 Å². The van der Waals surface area contributed by atoms with E-state index >= 15 is 0 Å². The first-order valence-electron chi connectivity index (χ1n) is 10.9. The van der Waals surface area contributed by atoms with Gasteiger partial charge in [-0.15, -0.1) is 0 Å². The number of nitrogens with zero attached hydrogens (tertiary/aromatic N) is 1. The molecule has 2 amide bonds. The summed E-state index contributed by atoms with van der Waals surface area (Å²) >= 11 is 1.52. The molecule has 6 heteroatoms. The number of ether oxygens (including phenoxy) is 1. The highest BCUT2D eigenvalue weighted by Gasteiger charge is 2.38. The monoisotopic (exact) mass is 437 g/mol. The molecule has 1 N–H and O–H groups in total. The molecule has 1 aromatic carbocycles. The van der Waals surface area contributed by atoms with Crippen LogP contribution in [0.5, 0.6) is 5.75 Å². The van der Waals surface area contributed by atoms with Gasteiger partial charge in [-0.1, -0.05) is 61.7 Å². The van der Waals surface area contributed by atoms with Gasteiger partial charge in [-0.3, -0.25) is 4.79 Å². The summed E-state index contributed by atoms with van der Waals surface area (Å²) < 4.78 is 6.86. The number of carbonyl (C=O) groups excluding carboxylic acids is 2. The molecule has 1 unspecified atom stereocenters. The number of methoxy groups -OCH3 is 1. The first-order chi connectivity index (χ1) is 15.0. The van der Waals surface area contributed by atoms with Crippen LogP contribution in [0.4, 0.5) is 0 Å². The van der Waals surface area contributed by atoms with E-state index in [4.69, 9.17) is 4.74 Å². The average molecular weight is 438 g/mol. The highest BCUT2D eigenvalue weighted by molar-refractivity contribution is 8.05. The van der Waals surface area contributed by atoms with Crippen molar-refractivity contribution in [3.8, 4) is 5.75 Å². The Labute approximate surface area is 187 Å². The molecule has 1 atom stereocenters. The van der Waals surface area contributed by atoms with Crippen LogP contribution < -0.4 is 10.1 Å². The maximum Gasteiger partial charge on any atom is 0.425 e. The Kier molecular flexibility index (Phi) is 6.76. The molecular formula is C25H29N2O3S+. The first kappa shape index (κ1) is 21.6. The molecule has 0 spiro atoms. The van der Waals surface area contributed by atoms with Crippen molar-refractivity contribution in [3.63, 3.8) is 0 Å². The van der Waals surface area contributed by atoms with E-state index in [1.165, 1.54) is 37.4 Å². The van der Waals surface area contributed by atoms with Gasteiger partial charge in [-0.05, 0) is 36.6 Å². The van der Waals surface area contributed by atoms with Gasteiger partial charge in [0.1, 0.15) is 23.0 Å². The van der Waals surface area contributed by atoms with Crippen LogP contribution in [-0.2, 0) is 9.59 Å². The van der Waals surface area contributed by atoms with Crippen LogP contribution in [0, 0.1) is 0 Å². The molecule has 1 aromatic rings. The molecular weight excluding hydrogens is 408 g/mol. The second kappa shape index (κ2) is 9.69. The quantitative estimate of drug-likeness (QED) is 0.438. The van der Waals surface area contributed by atoms with Crippen LogP contribution in [0.15, 0.2) is 53.0 Å². The van der Waals surface area contributed by atoms with Gasteiger partial charge in [0.15, 0.2) is 0 Å². The molecule has 1 heterocycles. The van der Waals surface area contributed by atoms with Crippen molar-refractivity contribution < 1.29 is 18.9 Å². The zero-order valence-corrected chi connectivity index (χ0v) is 18.9. The summed E-state index contributed by atoms with van der Waals surface area (Å²) in [7, 11) is 3.41. The minimum absolute atomic E-state index is 0.0154. The molecule has 1 fully saturated rings. The van der Waals surface area contributed by atoms with Crippen LogP contribution >= 0.6 is 11.8 Å². The number of allylic oxidation sites excluding steroid dienone is 1. The summed E-state index contributed by atoms with van der Waals surface area (Å²) in [6.45, 7) is 0. The van der Waals surface area contributed by atoms with Crippen LogP contribution in [0.25, 0.3) is 6.08 Å². The smallest absolute Gasteiger partial charge is 0.425 e. The minimum atomic E-state index is -0.0536. The number of amides is 2. The molecule has 4 rings (SSSR count). The number of benzene rings is 1. The van der Waals surface area contributed by atoms with Gasteiger partial charge in [-0.25, -0.2) is 4.79 Å². The fourth-order valence-electron chi connectivity index (χ4n) is 4.22. The number of fused-ring (bicyclic) bond motifs is 1. The predicted octanol–water partition coefficient (Wildman–Crippen LogP) is 4.10. The van der Waals surface area contributed by atoms with Crippen molar-refractivity contribution >= 4 is 35.4 Å². The maximum atomic E-state index is 13.0. The number of nitrogens with one attached hydrogen (secondary N) is 1. The lowest BCUT2D eigenvalue weighted by Gasteiger charge is -2.22. The van der Waals surface area contributed by atoms with Crippen molar-refractivity contribution in [1.82, 2.24) is 5.32 Å². The summed E-state index contributed by atoms with van der Waals surface area (Å²) in [5, 5.41) is 3.21. The molecule has 1 saturated carbocycles. The SMILES string of the molecule is COc1ccc(/C=C2\SC3C=CC(C(=O)NC4CCCCCC4)=CC3=[N+](C)C2=O)cc1. The Morgan fingerprint density at radius 2 is 1.87 bits per heavy atom. The third-order valence-corrected chi connectivity index (χ3v) is 7.27. The van der Waals surface area contributed by atoms with E-state index in [1.807, 2.05) is 48.6 Å². The fourth-order valence-corrected chi connectivity index (χ4v) is 5.44. The predicted molar refractivity (Wildman–Crippen MR) is 125 cm³/mol. The summed E-state index contributed by atoms with van der Waals surface area (Å²) in [6, 6.07) is 7.89. The lowest BCUT2D eigenvalue weighted by atomic mass is 10.0. The highest BCUT2D eigenvalue weighted by Crippen LogP contribution is 2.33. The topological polar surface area (TPSA) is 58.4 Å². The van der Waals surface area contributed by atoms with Crippen molar-refractivity contribution in [1.29, 1.82) is 0 Å². The van der Waals surface area contributed by atoms with Gasteiger partial charge in [0.05, 0.1) is 7.11 Å². The first-order valence-corrected chi connectivity index (χ1v) is 11.8. The lowest BCUT2D eigenvalue weighted by Crippen LogP contribution is -2.39. The number of likely N-dealkylation sites (N-methyl/N-ethyl adjacent to an activating group) is 1. The van der Waals surface area contributed by atoms with Crippen LogP contribution in [0.1, 0.15) is 44.1 Å². The van der Waals surface area contributed by atoms with Crippen LogP contribution in [0.2, 0.25) is 0 Å². The molecule has 31 heavy (non-hydrogen) atoms. The van der Waals surface area contributed by atoms with Crippen molar-refractivity contribution in [2.45, 2.75) is 49.8 Å². The Bertz CT molecular complexity index is 981. The zero-order chi connectivity index (χ0) is 21.8. The zero-order valence-electron chi connectivity index (χ0n) is 18.1. The Morgan fingerprint density at radius 1 is 1.16 bits per heavy atom. The molecule has 1 aliphatic heterocycles. The van der Waals surface area contributed by atoms with Crippen molar-refractivity contribution in [2.24, 2.45) is 0 Å². The van der Waals surface area contributed by atoms with E-state index in [0.29, 0.717) is 10.5 Å². The molecule has 0 saturated heterocycles. The summed E-state index contributed by atoms with van der Waals surface area (Å²) in [4.78, 5) is 26.5. The maximum absolute atomic E-state index is 13.0. The third-order valence-electron chi connectivity index (χ3n) is 6.07. The minimum Gasteiger partial charge on any atom is -0.497 e. The molecule has 3 aliphatic rings. The summed E-state index contributed by atoms with van der Waals surface area (Å²) in [6.07, 6.45) is 14.7. The largest absolute Gasteiger partial charge is 0.497 e. The summed E-state index contributed by atoms with van der Waals surface area (Å²) in [5.41, 5.74) is 2.43. The molecule has 2 aliphatic carbocycles. The van der Waals surface area contributed by atoms with Crippen LogP contribution in [0.3, 0.4) is 0 Å². The fraction of sp³-hybridized carbons (Fsp3) is 0.400. The van der Waals surface area contributed by atoms with E-state index in [1.54, 1.807) is 18.7 Å². The second-order valence-electron chi connectivity index (χ2n) is 8.23. The number of thioether (sulfide) groups is 1. The Balaban J connectivity index is 1.51. The van der Waals surface area contributed by atoms with E-state index in [9.17, 15) is 9.59 Å². The van der Waals surface area contributed by atoms with Gasteiger partial charge in [0.25, 0.3) is 5.91 Å². The van der Waals surface area contributed by atoms with Crippen LogP contribution in [-0.4, -0.2) is 47.6 Å². The Morgan fingerprint density at radius 3 is 2.55 bits per heavy atom. The molecule has 0 aromatic heterocycles. The van der Waals surface area contributed by atoms with Gasteiger partial charge in [-0.2, -0.15) is 4.58 Å². The standard InChI is InChI=1S/C25H28N2O3S/c1-27-21-16-18(24(28)26-19-7-5-3-4-6-8-19)11-14-22(21)31-23(25(27)29)15-17-9-12-20(30-2)13-10-17/h9-16,19,22H,3-8H2,1-2H3/p+1/b23-15-. The molecule has 5 nitrogen and oxygen atoms in total. The number of hydrogen-bond donors (Lipinski definition) is 1. The van der Waals surface area contributed by atoms with Crippen molar-refractivity contribution in [2.75, 3.05) is 14.2 Å².